The summed E-state index contributed by atoms with van der Waals surface area (Å²) >= 11 is 0. The smallest absolute Gasteiger partial charge is 0.340 e. The standard InChI is InChI=1S/C30H24N2O4/c1-19-15-20(2)17-22(16-19)31-29(33)28(21-9-4-3-5-10-21)36-30(34)24-18-26(27-13-8-14-35-27)32-25-12-7-6-11-23(24)25/h3-18,28H,1-2H3,(H,31,33)/t28-/m1/s1. The molecule has 1 amide bonds. The average Bonchev–Trinajstić information content (AvgIpc) is 3.41. The molecule has 0 bridgehead atoms. The maximum Gasteiger partial charge on any atom is 0.340 e. The molecule has 6 heteroatoms. The molecule has 0 unspecified atom stereocenters. The number of anilines is 1. The maximum absolute atomic E-state index is 13.6. The van der Waals surface area contributed by atoms with E-state index < -0.39 is 18.0 Å². The highest BCUT2D eigenvalue weighted by Crippen LogP contribution is 2.28. The molecule has 0 saturated heterocycles. The van der Waals surface area contributed by atoms with Gasteiger partial charge in [-0.2, -0.15) is 0 Å². The van der Waals surface area contributed by atoms with Crippen LogP contribution in [0.2, 0.25) is 0 Å². The van der Waals surface area contributed by atoms with E-state index in [1.54, 1.807) is 54.8 Å². The summed E-state index contributed by atoms with van der Waals surface area (Å²) in [4.78, 5) is 31.6. The Labute approximate surface area is 208 Å². The molecule has 1 atom stereocenters. The van der Waals surface area contributed by atoms with Crippen molar-refractivity contribution < 1.29 is 18.7 Å². The van der Waals surface area contributed by atoms with E-state index in [-0.39, 0.29) is 0 Å². The van der Waals surface area contributed by atoms with Crippen LogP contribution >= 0.6 is 0 Å². The molecule has 5 rings (SSSR count). The Morgan fingerprint density at radius 1 is 0.861 bits per heavy atom. The summed E-state index contributed by atoms with van der Waals surface area (Å²) in [6.45, 7) is 3.92. The Balaban J connectivity index is 1.51. The monoisotopic (exact) mass is 476 g/mol. The van der Waals surface area contributed by atoms with Gasteiger partial charge in [-0.15, -0.1) is 0 Å². The van der Waals surface area contributed by atoms with Crippen molar-refractivity contribution in [3.63, 3.8) is 0 Å². The van der Waals surface area contributed by atoms with Crippen LogP contribution in [-0.4, -0.2) is 16.9 Å². The molecule has 5 aromatic rings. The van der Waals surface area contributed by atoms with Crippen LogP contribution in [-0.2, 0) is 9.53 Å². The third kappa shape index (κ3) is 4.88. The minimum absolute atomic E-state index is 0.298. The molecule has 0 aliphatic carbocycles. The zero-order valence-electron chi connectivity index (χ0n) is 19.9. The predicted molar refractivity (Wildman–Crippen MR) is 139 cm³/mol. The van der Waals surface area contributed by atoms with Crippen molar-refractivity contribution in [2.45, 2.75) is 20.0 Å². The van der Waals surface area contributed by atoms with Crippen LogP contribution in [0.25, 0.3) is 22.4 Å². The van der Waals surface area contributed by atoms with Gasteiger partial charge in [0.1, 0.15) is 5.69 Å². The van der Waals surface area contributed by atoms with E-state index in [0.717, 1.165) is 11.1 Å². The molecule has 3 aromatic carbocycles. The minimum atomic E-state index is -1.15. The number of nitrogens with one attached hydrogen (secondary N) is 1. The predicted octanol–water partition coefficient (Wildman–Crippen LogP) is 6.65. The molecule has 0 spiro atoms. The summed E-state index contributed by atoms with van der Waals surface area (Å²) in [7, 11) is 0. The molecule has 36 heavy (non-hydrogen) atoms. The fourth-order valence-corrected chi connectivity index (χ4v) is 4.22. The number of ether oxygens (including phenoxy) is 1. The number of aromatic nitrogens is 1. The zero-order valence-corrected chi connectivity index (χ0v) is 19.9. The summed E-state index contributed by atoms with van der Waals surface area (Å²) in [5.74, 6) is -0.544. The van der Waals surface area contributed by atoms with E-state index in [4.69, 9.17) is 9.15 Å². The van der Waals surface area contributed by atoms with Gasteiger partial charge < -0.3 is 14.5 Å². The molecule has 0 radical (unpaired) electrons. The van der Waals surface area contributed by atoms with Crippen LogP contribution in [0.3, 0.4) is 0 Å². The molecule has 2 heterocycles. The van der Waals surface area contributed by atoms with Gasteiger partial charge in [-0.3, -0.25) is 4.79 Å². The van der Waals surface area contributed by atoms with Gasteiger partial charge in [0, 0.05) is 16.6 Å². The van der Waals surface area contributed by atoms with Gasteiger partial charge in [-0.25, -0.2) is 9.78 Å². The molecule has 0 saturated carbocycles. The largest absolute Gasteiger partial charge is 0.463 e. The van der Waals surface area contributed by atoms with Crippen LogP contribution in [0.5, 0.6) is 0 Å². The number of amides is 1. The van der Waals surface area contributed by atoms with Crippen molar-refractivity contribution in [1.82, 2.24) is 4.98 Å². The number of benzene rings is 3. The number of esters is 1. The highest BCUT2D eigenvalue weighted by molar-refractivity contribution is 6.06. The highest BCUT2D eigenvalue weighted by atomic mass is 16.5. The summed E-state index contributed by atoms with van der Waals surface area (Å²) in [5, 5.41) is 3.53. The van der Waals surface area contributed by atoms with Crippen LogP contribution in [0, 0.1) is 13.8 Å². The fraction of sp³-hybridized carbons (Fsp3) is 0.100. The van der Waals surface area contributed by atoms with Gasteiger partial charge in [-0.1, -0.05) is 54.6 Å². The lowest BCUT2D eigenvalue weighted by Gasteiger charge is -2.19. The Morgan fingerprint density at radius 3 is 2.31 bits per heavy atom. The third-order valence-corrected chi connectivity index (χ3v) is 5.76. The SMILES string of the molecule is Cc1cc(C)cc(NC(=O)[C@H](OC(=O)c2cc(-c3ccco3)nc3ccccc23)c2ccccc2)c1. The normalized spacial score (nSPS) is 11.7. The van der Waals surface area contributed by atoms with Crippen LogP contribution in [0.1, 0.15) is 33.2 Å². The number of fused-ring (bicyclic) bond motifs is 1. The van der Waals surface area contributed by atoms with Crippen molar-refractivity contribution in [3.8, 4) is 11.5 Å². The molecular weight excluding hydrogens is 452 g/mol. The molecule has 0 aliphatic heterocycles. The van der Waals surface area contributed by atoms with Gasteiger partial charge in [0.05, 0.1) is 17.3 Å². The lowest BCUT2D eigenvalue weighted by atomic mass is 10.1. The second-order valence-corrected chi connectivity index (χ2v) is 8.61. The Kier molecular flexibility index (Phi) is 6.33. The first kappa shape index (κ1) is 23.1. The lowest BCUT2D eigenvalue weighted by Crippen LogP contribution is -2.26. The first-order chi connectivity index (χ1) is 17.5. The first-order valence-electron chi connectivity index (χ1n) is 11.6. The fourth-order valence-electron chi connectivity index (χ4n) is 4.22. The number of hydrogen-bond acceptors (Lipinski definition) is 5. The number of hydrogen-bond donors (Lipinski definition) is 1. The zero-order chi connectivity index (χ0) is 25.1. The van der Waals surface area contributed by atoms with E-state index >= 15 is 0 Å². The lowest BCUT2D eigenvalue weighted by molar-refractivity contribution is -0.125. The quantitative estimate of drug-likeness (QED) is 0.278. The Morgan fingerprint density at radius 2 is 1.58 bits per heavy atom. The minimum Gasteiger partial charge on any atom is -0.463 e. The van der Waals surface area contributed by atoms with E-state index in [1.165, 1.54) is 0 Å². The number of rotatable bonds is 6. The molecule has 178 valence electrons. The van der Waals surface area contributed by atoms with Crippen LogP contribution in [0.15, 0.2) is 102 Å². The molecule has 0 fully saturated rings. The number of nitrogens with zero attached hydrogens (tertiary/aromatic N) is 1. The molecule has 0 aliphatic rings. The van der Waals surface area contributed by atoms with Gasteiger partial charge in [0.15, 0.2) is 5.76 Å². The van der Waals surface area contributed by atoms with E-state index in [0.29, 0.717) is 39.2 Å². The van der Waals surface area contributed by atoms with Gasteiger partial charge in [0.2, 0.25) is 6.10 Å². The van der Waals surface area contributed by atoms with Crippen LogP contribution < -0.4 is 5.32 Å². The molecule has 6 nitrogen and oxygen atoms in total. The molecular formula is C30H24N2O4. The van der Waals surface area contributed by atoms with Crippen molar-refractivity contribution in [2.24, 2.45) is 0 Å². The Bertz CT molecular complexity index is 1520. The average molecular weight is 477 g/mol. The van der Waals surface area contributed by atoms with Gasteiger partial charge >= 0.3 is 5.97 Å². The van der Waals surface area contributed by atoms with Crippen molar-refractivity contribution >= 4 is 28.5 Å². The number of furan rings is 1. The summed E-state index contributed by atoms with van der Waals surface area (Å²) in [5.41, 5.74) is 4.67. The number of pyridine rings is 1. The van der Waals surface area contributed by atoms with Crippen LogP contribution in [0.4, 0.5) is 5.69 Å². The molecule has 1 N–H and O–H groups in total. The van der Waals surface area contributed by atoms with Crippen molar-refractivity contribution in [2.75, 3.05) is 5.32 Å². The number of carbonyl (C=O) groups is 2. The summed E-state index contributed by atoms with van der Waals surface area (Å²) in [6.07, 6.45) is 0.394. The van der Waals surface area contributed by atoms with Gasteiger partial charge in [-0.05, 0) is 61.4 Å². The second kappa shape index (κ2) is 9.88. The number of para-hydroxylation sites is 1. The highest BCUT2D eigenvalue weighted by Gasteiger charge is 2.27. The Hall–Kier alpha value is -4.71. The number of carbonyl (C=O) groups excluding carboxylic acids is 2. The van der Waals surface area contributed by atoms with Crippen molar-refractivity contribution in [3.05, 3.63) is 120 Å². The van der Waals surface area contributed by atoms with Crippen molar-refractivity contribution in [1.29, 1.82) is 0 Å². The summed E-state index contributed by atoms with van der Waals surface area (Å²) < 4.78 is 11.4. The van der Waals surface area contributed by atoms with E-state index in [1.807, 2.05) is 56.3 Å². The topological polar surface area (TPSA) is 81.4 Å². The number of aryl methyl sites for hydroxylation is 2. The first-order valence-corrected chi connectivity index (χ1v) is 11.6. The van der Waals surface area contributed by atoms with E-state index in [2.05, 4.69) is 10.3 Å². The van der Waals surface area contributed by atoms with E-state index in [9.17, 15) is 9.59 Å². The third-order valence-electron chi connectivity index (χ3n) is 5.76. The molecule has 2 aromatic heterocycles. The van der Waals surface area contributed by atoms with Gasteiger partial charge in [0.25, 0.3) is 5.91 Å². The second-order valence-electron chi connectivity index (χ2n) is 8.61. The summed E-state index contributed by atoms with van der Waals surface area (Å²) in [6, 6.07) is 27.2. The maximum atomic E-state index is 13.6.